The summed E-state index contributed by atoms with van der Waals surface area (Å²) in [6.45, 7) is 12.2. The molecule has 0 heterocycles. The average Bonchev–Trinajstić information content (AvgIpc) is 3.14. The van der Waals surface area contributed by atoms with Gasteiger partial charge < -0.3 is 4.90 Å². The molecule has 0 radical (unpaired) electrons. The van der Waals surface area contributed by atoms with Crippen molar-refractivity contribution >= 4 is 0 Å². The SMILES string of the molecule is CC(C)CCN(CCC(C)C)CC(C#N)NC1CC1. The predicted molar refractivity (Wildman–Crippen MR) is 80.9 cm³/mol. The highest BCUT2D eigenvalue weighted by molar-refractivity contribution is 4.97. The minimum atomic E-state index is 0.00632. The maximum atomic E-state index is 9.27. The largest absolute Gasteiger partial charge is 0.301 e. The molecule has 19 heavy (non-hydrogen) atoms. The fraction of sp³-hybridized carbons (Fsp3) is 0.938. The molecule has 0 aliphatic heterocycles. The molecule has 0 saturated heterocycles. The summed E-state index contributed by atoms with van der Waals surface area (Å²) in [6, 6.07) is 3.05. The smallest absolute Gasteiger partial charge is 0.108 e. The predicted octanol–water partition coefficient (Wildman–Crippen LogP) is 3.02. The van der Waals surface area contributed by atoms with Crippen molar-refractivity contribution in [1.29, 1.82) is 5.26 Å². The summed E-state index contributed by atoms with van der Waals surface area (Å²) in [7, 11) is 0. The molecule has 0 aromatic heterocycles. The van der Waals surface area contributed by atoms with Crippen LogP contribution in [0.2, 0.25) is 0 Å². The molecule has 0 bridgehead atoms. The Labute approximate surface area is 119 Å². The zero-order valence-electron chi connectivity index (χ0n) is 13.2. The van der Waals surface area contributed by atoms with Crippen LogP contribution in [-0.4, -0.2) is 36.6 Å². The normalized spacial score (nSPS) is 17.2. The first-order chi connectivity index (χ1) is 9.01. The van der Waals surface area contributed by atoms with Crippen molar-refractivity contribution < 1.29 is 0 Å². The van der Waals surface area contributed by atoms with E-state index in [9.17, 15) is 5.26 Å². The summed E-state index contributed by atoms with van der Waals surface area (Å²) in [4.78, 5) is 2.48. The van der Waals surface area contributed by atoms with E-state index in [0.29, 0.717) is 6.04 Å². The van der Waals surface area contributed by atoms with Gasteiger partial charge in [0.25, 0.3) is 0 Å². The topological polar surface area (TPSA) is 39.1 Å². The summed E-state index contributed by atoms with van der Waals surface area (Å²) in [5.41, 5.74) is 0. The lowest BCUT2D eigenvalue weighted by molar-refractivity contribution is 0.230. The van der Waals surface area contributed by atoms with Crippen molar-refractivity contribution in [2.75, 3.05) is 19.6 Å². The van der Waals surface area contributed by atoms with Gasteiger partial charge in [-0.1, -0.05) is 27.7 Å². The Balaban J connectivity index is 2.37. The molecule has 1 saturated carbocycles. The molecule has 1 rings (SSSR count). The number of nitrogens with one attached hydrogen (secondary N) is 1. The van der Waals surface area contributed by atoms with Crippen molar-refractivity contribution in [3.05, 3.63) is 0 Å². The van der Waals surface area contributed by atoms with Crippen molar-refractivity contribution in [2.45, 2.75) is 65.5 Å². The summed E-state index contributed by atoms with van der Waals surface area (Å²) in [6.07, 6.45) is 4.94. The van der Waals surface area contributed by atoms with Crippen molar-refractivity contribution in [3.63, 3.8) is 0 Å². The highest BCUT2D eigenvalue weighted by Crippen LogP contribution is 2.19. The standard InChI is InChI=1S/C16H31N3/c1-13(2)7-9-19(10-8-14(3)4)12-16(11-17)18-15-5-6-15/h13-16,18H,5-10,12H2,1-4H3. The Kier molecular flexibility index (Phi) is 7.41. The second-order valence-corrected chi connectivity index (χ2v) is 6.79. The van der Waals surface area contributed by atoms with Gasteiger partial charge >= 0.3 is 0 Å². The minimum Gasteiger partial charge on any atom is -0.301 e. The molecule has 1 aliphatic carbocycles. The molecule has 1 N–H and O–H groups in total. The summed E-state index contributed by atoms with van der Waals surface area (Å²) < 4.78 is 0. The van der Waals surface area contributed by atoms with Crippen LogP contribution in [0, 0.1) is 23.2 Å². The van der Waals surface area contributed by atoms with E-state index in [4.69, 9.17) is 0 Å². The summed E-state index contributed by atoms with van der Waals surface area (Å²) in [5.74, 6) is 1.47. The van der Waals surface area contributed by atoms with Crippen LogP contribution in [0.3, 0.4) is 0 Å². The maximum Gasteiger partial charge on any atom is 0.108 e. The third kappa shape index (κ3) is 8.23. The molecule has 3 heteroatoms. The highest BCUT2D eigenvalue weighted by Gasteiger charge is 2.25. The minimum absolute atomic E-state index is 0.00632. The van der Waals surface area contributed by atoms with E-state index in [0.717, 1.165) is 31.5 Å². The van der Waals surface area contributed by atoms with Gasteiger partial charge in [-0.15, -0.1) is 0 Å². The van der Waals surface area contributed by atoms with Crippen molar-refractivity contribution in [1.82, 2.24) is 10.2 Å². The number of hydrogen-bond donors (Lipinski definition) is 1. The fourth-order valence-electron chi connectivity index (χ4n) is 2.10. The first-order valence-electron chi connectivity index (χ1n) is 7.89. The molecule has 3 nitrogen and oxygen atoms in total. The van der Waals surface area contributed by atoms with E-state index >= 15 is 0 Å². The molecule has 1 unspecified atom stereocenters. The van der Waals surface area contributed by atoms with Crippen LogP contribution in [0.15, 0.2) is 0 Å². The van der Waals surface area contributed by atoms with Gasteiger partial charge in [-0.2, -0.15) is 5.26 Å². The summed E-state index contributed by atoms with van der Waals surface area (Å²) in [5, 5.41) is 12.7. The molecule has 0 aromatic carbocycles. The van der Waals surface area contributed by atoms with Crippen molar-refractivity contribution in [3.8, 4) is 6.07 Å². The van der Waals surface area contributed by atoms with Gasteiger partial charge in [0.15, 0.2) is 0 Å². The second kappa shape index (κ2) is 8.55. The zero-order valence-corrected chi connectivity index (χ0v) is 13.2. The molecule has 1 atom stereocenters. The van der Waals surface area contributed by atoms with E-state index in [2.05, 4.69) is 44.0 Å². The molecular formula is C16H31N3. The van der Waals surface area contributed by atoms with E-state index < -0.39 is 0 Å². The Morgan fingerprint density at radius 2 is 1.63 bits per heavy atom. The van der Waals surface area contributed by atoms with Crippen LogP contribution in [0.4, 0.5) is 0 Å². The number of hydrogen-bond acceptors (Lipinski definition) is 3. The third-order valence-corrected chi connectivity index (χ3v) is 3.66. The molecule has 0 spiro atoms. The van der Waals surface area contributed by atoms with Gasteiger partial charge in [-0.3, -0.25) is 5.32 Å². The molecule has 1 fully saturated rings. The van der Waals surface area contributed by atoms with E-state index in [1.807, 2.05) is 0 Å². The first kappa shape index (κ1) is 16.5. The Morgan fingerprint density at radius 1 is 1.11 bits per heavy atom. The monoisotopic (exact) mass is 265 g/mol. The highest BCUT2D eigenvalue weighted by atomic mass is 15.2. The van der Waals surface area contributed by atoms with Crippen LogP contribution in [-0.2, 0) is 0 Å². The molecule has 0 amide bonds. The van der Waals surface area contributed by atoms with Crippen LogP contribution < -0.4 is 5.32 Å². The molecule has 0 aromatic rings. The number of nitriles is 1. The summed E-state index contributed by atoms with van der Waals surface area (Å²) >= 11 is 0. The average molecular weight is 265 g/mol. The quantitative estimate of drug-likeness (QED) is 0.660. The van der Waals surface area contributed by atoms with Crippen LogP contribution in [0.1, 0.15) is 53.4 Å². The Morgan fingerprint density at radius 3 is 2.00 bits per heavy atom. The molecule has 1 aliphatic rings. The van der Waals surface area contributed by atoms with Crippen LogP contribution in [0.25, 0.3) is 0 Å². The van der Waals surface area contributed by atoms with E-state index in [-0.39, 0.29) is 6.04 Å². The zero-order chi connectivity index (χ0) is 14.3. The maximum absolute atomic E-state index is 9.27. The fourth-order valence-corrected chi connectivity index (χ4v) is 2.10. The molecular weight excluding hydrogens is 234 g/mol. The van der Waals surface area contributed by atoms with Gasteiger partial charge in [0.05, 0.1) is 6.07 Å². The lowest BCUT2D eigenvalue weighted by atomic mass is 10.1. The van der Waals surface area contributed by atoms with Crippen molar-refractivity contribution in [2.24, 2.45) is 11.8 Å². The van der Waals surface area contributed by atoms with Gasteiger partial charge in [0.1, 0.15) is 6.04 Å². The van der Waals surface area contributed by atoms with Gasteiger partial charge in [-0.05, 0) is 50.6 Å². The van der Waals surface area contributed by atoms with Gasteiger partial charge in [0.2, 0.25) is 0 Å². The Bertz CT molecular complexity index is 264. The number of rotatable bonds is 10. The van der Waals surface area contributed by atoms with Crippen LogP contribution >= 0.6 is 0 Å². The first-order valence-corrected chi connectivity index (χ1v) is 7.89. The van der Waals surface area contributed by atoms with E-state index in [1.165, 1.54) is 25.7 Å². The molecule has 110 valence electrons. The lowest BCUT2D eigenvalue weighted by Crippen LogP contribution is -2.42. The van der Waals surface area contributed by atoms with Gasteiger partial charge in [-0.25, -0.2) is 0 Å². The number of nitrogens with zero attached hydrogens (tertiary/aromatic N) is 2. The van der Waals surface area contributed by atoms with Gasteiger partial charge in [0, 0.05) is 12.6 Å². The van der Waals surface area contributed by atoms with E-state index in [1.54, 1.807) is 0 Å². The van der Waals surface area contributed by atoms with Crippen LogP contribution in [0.5, 0.6) is 0 Å². The third-order valence-electron chi connectivity index (χ3n) is 3.66. The Hall–Kier alpha value is -0.590. The second-order valence-electron chi connectivity index (χ2n) is 6.79. The lowest BCUT2D eigenvalue weighted by Gasteiger charge is -2.26.